The third kappa shape index (κ3) is 4.14. The molecule has 2 aromatic heterocycles. The van der Waals surface area contributed by atoms with Crippen LogP contribution in [-0.2, 0) is 4.79 Å². The average Bonchev–Trinajstić information content (AvgIpc) is 3.03. The van der Waals surface area contributed by atoms with E-state index in [0.717, 1.165) is 17.5 Å². The number of benzene rings is 1. The van der Waals surface area contributed by atoms with Crippen LogP contribution in [0.5, 0.6) is 0 Å². The Morgan fingerprint density at radius 2 is 2.00 bits per heavy atom. The second-order valence-corrected chi connectivity index (χ2v) is 6.40. The molecule has 0 aliphatic heterocycles. The lowest BCUT2D eigenvalue weighted by molar-refractivity contribution is -0.113. The van der Waals surface area contributed by atoms with Gasteiger partial charge in [0.05, 0.1) is 11.4 Å². The zero-order chi connectivity index (χ0) is 16.1. The zero-order valence-corrected chi connectivity index (χ0v) is 13.5. The first-order chi connectivity index (χ1) is 11.2. The molecule has 0 radical (unpaired) electrons. The first-order valence-corrected chi connectivity index (χ1v) is 8.63. The highest BCUT2D eigenvalue weighted by atomic mass is 32.2. The number of aromatic nitrogens is 2. The number of carbonyl (C=O) groups excluding carboxylic acids is 1. The van der Waals surface area contributed by atoms with Crippen molar-refractivity contribution in [2.24, 2.45) is 0 Å². The molecule has 0 aliphatic carbocycles. The Balaban J connectivity index is 1.58. The van der Waals surface area contributed by atoms with Gasteiger partial charge in [-0.2, -0.15) is 0 Å². The second-order valence-electron chi connectivity index (χ2n) is 4.52. The first kappa shape index (κ1) is 15.6. The normalized spacial score (nSPS) is 10.5. The molecule has 0 unspecified atom stereocenters. The summed E-state index contributed by atoms with van der Waals surface area (Å²) in [6.07, 6.45) is 1.69. The maximum absolute atomic E-state index is 13.5. The quantitative estimate of drug-likeness (QED) is 0.708. The highest BCUT2D eigenvalue weighted by Crippen LogP contribution is 2.24. The van der Waals surface area contributed by atoms with Crippen molar-refractivity contribution in [3.05, 3.63) is 59.9 Å². The Labute approximate surface area is 140 Å². The fraction of sp³-hybridized carbons (Fsp3) is 0.0625. The molecule has 0 atom stereocenters. The number of halogens is 1. The Morgan fingerprint density at radius 3 is 2.78 bits per heavy atom. The summed E-state index contributed by atoms with van der Waals surface area (Å²) >= 11 is 2.49. The molecular weight excluding hydrogens is 333 g/mol. The van der Waals surface area contributed by atoms with Crippen LogP contribution in [0, 0.1) is 5.82 Å². The number of thiazole rings is 1. The van der Waals surface area contributed by atoms with Crippen molar-refractivity contribution in [2.45, 2.75) is 4.90 Å². The van der Waals surface area contributed by atoms with Crippen LogP contribution in [-0.4, -0.2) is 21.6 Å². The van der Waals surface area contributed by atoms with E-state index in [9.17, 15) is 9.18 Å². The number of nitrogens with zero attached hydrogens (tertiary/aromatic N) is 2. The van der Waals surface area contributed by atoms with Gasteiger partial charge in [-0.3, -0.25) is 9.78 Å². The van der Waals surface area contributed by atoms with Gasteiger partial charge in [0.1, 0.15) is 11.5 Å². The highest BCUT2D eigenvalue weighted by Gasteiger charge is 2.10. The van der Waals surface area contributed by atoms with Gasteiger partial charge in [-0.1, -0.05) is 18.2 Å². The van der Waals surface area contributed by atoms with E-state index in [1.807, 2.05) is 23.6 Å². The molecule has 0 fully saturated rings. The number of pyridine rings is 1. The maximum atomic E-state index is 13.5. The van der Waals surface area contributed by atoms with Crippen LogP contribution in [0.2, 0.25) is 0 Å². The van der Waals surface area contributed by atoms with Crippen LogP contribution >= 0.6 is 23.1 Å². The third-order valence-electron chi connectivity index (χ3n) is 2.87. The average molecular weight is 345 g/mol. The van der Waals surface area contributed by atoms with Gasteiger partial charge in [0, 0.05) is 16.5 Å². The highest BCUT2D eigenvalue weighted by molar-refractivity contribution is 8.00. The molecule has 1 aromatic carbocycles. The smallest absolute Gasteiger partial charge is 0.236 e. The molecule has 0 aliphatic rings. The van der Waals surface area contributed by atoms with Crippen molar-refractivity contribution in [3.63, 3.8) is 0 Å². The number of nitrogens with one attached hydrogen (secondary N) is 1. The molecule has 23 heavy (non-hydrogen) atoms. The Morgan fingerprint density at radius 1 is 1.17 bits per heavy atom. The van der Waals surface area contributed by atoms with E-state index in [1.54, 1.807) is 24.4 Å². The standard InChI is InChI=1S/C16H12FN3OS2/c17-11-5-1-2-7-14(11)22-10-15(21)20-16-19-13(9-23-16)12-6-3-4-8-18-12/h1-9H,10H2,(H,19,20,21). The van der Waals surface area contributed by atoms with Crippen molar-refractivity contribution in [2.75, 3.05) is 11.1 Å². The van der Waals surface area contributed by atoms with E-state index in [4.69, 9.17) is 0 Å². The minimum atomic E-state index is -0.322. The van der Waals surface area contributed by atoms with Crippen LogP contribution in [0.4, 0.5) is 9.52 Å². The fourth-order valence-electron chi connectivity index (χ4n) is 1.82. The Kier molecular flexibility index (Phi) is 4.99. The largest absolute Gasteiger partial charge is 0.301 e. The van der Waals surface area contributed by atoms with Gasteiger partial charge in [0.2, 0.25) is 5.91 Å². The predicted octanol–water partition coefficient (Wildman–Crippen LogP) is 4.08. The van der Waals surface area contributed by atoms with Gasteiger partial charge in [0.25, 0.3) is 0 Å². The summed E-state index contributed by atoms with van der Waals surface area (Å²) in [7, 11) is 0. The van der Waals surface area contributed by atoms with E-state index in [0.29, 0.717) is 15.7 Å². The van der Waals surface area contributed by atoms with Gasteiger partial charge in [-0.05, 0) is 24.3 Å². The van der Waals surface area contributed by atoms with Crippen LogP contribution in [0.25, 0.3) is 11.4 Å². The van der Waals surface area contributed by atoms with Crippen LogP contribution in [0.15, 0.2) is 58.9 Å². The molecule has 0 saturated carbocycles. The number of amides is 1. The van der Waals surface area contributed by atoms with E-state index >= 15 is 0 Å². The number of hydrogen-bond acceptors (Lipinski definition) is 5. The summed E-state index contributed by atoms with van der Waals surface area (Å²) < 4.78 is 13.5. The van der Waals surface area contributed by atoms with E-state index in [2.05, 4.69) is 15.3 Å². The summed E-state index contributed by atoms with van der Waals surface area (Å²) in [5.74, 6) is -0.420. The van der Waals surface area contributed by atoms with E-state index in [-0.39, 0.29) is 17.5 Å². The molecular formula is C16H12FN3OS2. The van der Waals surface area contributed by atoms with E-state index in [1.165, 1.54) is 17.4 Å². The first-order valence-electron chi connectivity index (χ1n) is 6.76. The summed E-state index contributed by atoms with van der Waals surface area (Å²) in [4.78, 5) is 20.9. The topological polar surface area (TPSA) is 54.9 Å². The lowest BCUT2D eigenvalue weighted by atomic mass is 10.3. The number of carbonyl (C=O) groups is 1. The second kappa shape index (κ2) is 7.34. The molecule has 0 saturated heterocycles. The summed E-state index contributed by atoms with van der Waals surface area (Å²) in [5, 5.41) is 5.06. The molecule has 116 valence electrons. The van der Waals surface area contributed by atoms with Crippen LogP contribution in [0.3, 0.4) is 0 Å². The lowest BCUT2D eigenvalue weighted by Crippen LogP contribution is -2.13. The van der Waals surface area contributed by atoms with Crippen molar-refractivity contribution in [1.29, 1.82) is 0 Å². The summed E-state index contributed by atoms with van der Waals surface area (Å²) in [5.41, 5.74) is 1.47. The minimum Gasteiger partial charge on any atom is -0.301 e. The molecule has 3 aromatic rings. The summed E-state index contributed by atoms with van der Waals surface area (Å²) in [6, 6.07) is 12.0. The van der Waals surface area contributed by atoms with Gasteiger partial charge < -0.3 is 5.32 Å². The molecule has 1 N–H and O–H groups in total. The lowest BCUT2D eigenvalue weighted by Gasteiger charge is -2.03. The SMILES string of the molecule is O=C(CSc1ccccc1F)Nc1nc(-c2ccccn2)cs1. The fourth-order valence-corrected chi connectivity index (χ4v) is 3.28. The van der Waals surface area contributed by atoms with Crippen molar-refractivity contribution < 1.29 is 9.18 Å². The number of hydrogen-bond donors (Lipinski definition) is 1. The van der Waals surface area contributed by atoms with E-state index < -0.39 is 0 Å². The molecule has 2 heterocycles. The van der Waals surface area contributed by atoms with Gasteiger partial charge >= 0.3 is 0 Å². The molecule has 0 spiro atoms. The Hall–Kier alpha value is -2.25. The predicted molar refractivity (Wildman–Crippen MR) is 91.1 cm³/mol. The van der Waals surface area contributed by atoms with Gasteiger partial charge in [-0.15, -0.1) is 23.1 Å². The molecule has 0 bridgehead atoms. The molecule has 1 amide bonds. The minimum absolute atomic E-state index is 0.124. The Bertz CT molecular complexity index is 808. The zero-order valence-electron chi connectivity index (χ0n) is 11.9. The van der Waals surface area contributed by atoms with Crippen LogP contribution < -0.4 is 5.32 Å². The number of rotatable bonds is 5. The monoisotopic (exact) mass is 345 g/mol. The number of thioether (sulfide) groups is 1. The van der Waals surface area contributed by atoms with Gasteiger partial charge in [-0.25, -0.2) is 9.37 Å². The molecule has 7 heteroatoms. The molecule has 3 rings (SSSR count). The number of anilines is 1. The van der Waals surface area contributed by atoms with Gasteiger partial charge in [0.15, 0.2) is 5.13 Å². The van der Waals surface area contributed by atoms with Crippen molar-refractivity contribution in [3.8, 4) is 11.4 Å². The van der Waals surface area contributed by atoms with Crippen molar-refractivity contribution >= 4 is 34.1 Å². The van der Waals surface area contributed by atoms with Crippen molar-refractivity contribution in [1.82, 2.24) is 9.97 Å². The summed E-state index contributed by atoms with van der Waals surface area (Å²) in [6.45, 7) is 0. The molecule has 4 nitrogen and oxygen atoms in total. The van der Waals surface area contributed by atoms with Crippen LogP contribution in [0.1, 0.15) is 0 Å². The third-order valence-corrected chi connectivity index (χ3v) is 4.68. The maximum Gasteiger partial charge on any atom is 0.236 e.